The molecule has 2 rings (SSSR count). The Hall–Kier alpha value is -1.89. The van der Waals surface area contributed by atoms with Gasteiger partial charge in [-0.05, 0) is 19.1 Å². The first-order valence-electron chi connectivity index (χ1n) is 5.32. The first-order chi connectivity index (χ1) is 8.99. The van der Waals surface area contributed by atoms with Gasteiger partial charge in [-0.2, -0.15) is 0 Å². The van der Waals surface area contributed by atoms with Crippen LogP contribution in [0.3, 0.4) is 0 Å². The quantitative estimate of drug-likeness (QED) is 0.882. The third-order valence-electron chi connectivity index (χ3n) is 2.35. The Morgan fingerprint density at radius 3 is 2.68 bits per heavy atom. The summed E-state index contributed by atoms with van der Waals surface area (Å²) in [4.78, 5) is 16.6. The average Bonchev–Trinajstić information content (AvgIpc) is 2.79. The maximum atomic E-state index is 13.4. The Balaban J connectivity index is 2.10. The monoisotopic (exact) mass is 286 g/mol. The molecule has 0 saturated carbocycles. The molecule has 0 aliphatic carbocycles. The predicted octanol–water partition coefficient (Wildman–Crippen LogP) is 2.80. The number of carbonyl (C=O) groups is 1. The van der Waals surface area contributed by atoms with E-state index in [-0.39, 0.29) is 6.54 Å². The second-order valence-electron chi connectivity index (χ2n) is 3.77. The fourth-order valence-electron chi connectivity index (χ4n) is 1.44. The van der Waals surface area contributed by atoms with E-state index in [9.17, 15) is 18.0 Å². The molecule has 0 saturated heterocycles. The fourth-order valence-corrected chi connectivity index (χ4v) is 2.16. The molecule has 1 aromatic heterocycles. The number of aromatic nitrogens is 1. The zero-order valence-electron chi connectivity index (χ0n) is 9.84. The molecule has 0 aliphatic rings. The third-order valence-corrected chi connectivity index (χ3v) is 3.26. The van der Waals surface area contributed by atoms with Crippen LogP contribution < -0.4 is 5.32 Å². The van der Waals surface area contributed by atoms with Crippen LogP contribution in [0.1, 0.15) is 20.2 Å². The summed E-state index contributed by atoms with van der Waals surface area (Å²) in [6.07, 6.45) is 1.64. The lowest BCUT2D eigenvalue weighted by molar-refractivity contribution is 0.0945. The van der Waals surface area contributed by atoms with E-state index in [0.717, 1.165) is 10.9 Å². The Bertz CT molecular complexity index is 627. The van der Waals surface area contributed by atoms with Crippen molar-refractivity contribution < 1.29 is 18.0 Å². The van der Waals surface area contributed by atoms with E-state index in [4.69, 9.17) is 0 Å². The summed E-state index contributed by atoms with van der Waals surface area (Å²) in [6.45, 7) is 1.97. The number of nitrogens with one attached hydrogen (secondary N) is 1. The van der Waals surface area contributed by atoms with Crippen molar-refractivity contribution in [1.82, 2.24) is 10.3 Å². The van der Waals surface area contributed by atoms with Gasteiger partial charge in [0.25, 0.3) is 5.91 Å². The molecule has 1 N–H and O–H groups in total. The minimum absolute atomic E-state index is 0.107. The predicted molar refractivity (Wildman–Crippen MR) is 64.3 cm³/mol. The van der Waals surface area contributed by atoms with Crippen molar-refractivity contribution in [2.45, 2.75) is 13.5 Å². The largest absolute Gasteiger partial charge is 0.345 e. The molecule has 1 amide bonds. The molecule has 0 aliphatic heterocycles. The lowest BCUT2D eigenvalue weighted by atomic mass is 10.2. The number of hydrogen-bond donors (Lipinski definition) is 1. The number of hydrogen-bond acceptors (Lipinski definition) is 3. The van der Waals surface area contributed by atoms with Gasteiger partial charge in [0.2, 0.25) is 0 Å². The van der Waals surface area contributed by atoms with E-state index in [1.807, 2.05) is 6.92 Å². The molecule has 0 unspecified atom stereocenters. The summed E-state index contributed by atoms with van der Waals surface area (Å²) in [5.74, 6) is -5.29. The first kappa shape index (κ1) is 13.5. The van der Waals surface area contributed by atoms with Crippen molar-refractivity contribution in [1.29, 1.82) is 0 Å². The summed E-state index contributed by atoms with van der Waals surface area (Å²) in [5, 5.41) is 3.04. The maximum Gasteiger partial charge on any atom is 0.254 e. The molecule has 0 fully saturated rings. The van der Waals surface area contributed by atoms with Gasteiger partial charge in [-0.1, -0.05) is 0 Å². The van der Waals surface area contributed by atoms with Crippen LogP contribution in [0.25, 0.3) is 0 Å². The minimum Gasteiger partial charge on any atom is -0.345 e. The standard InChI is InChI=1S/C12H9F3N2OS/c1-6-4-16-9(19-6)5-17-12(18)7-2-3-8(13)11(15)10(7)14/h2-4H,5H2,1H3,(H,17,18). The highest BCUT2D eigenvalue weighted by Gasteiger charge is 2.18. The normalized spacial score (nSPS) is 10.5. The molecule has 3 nitrogen and oxygen atoms in total. The molecule has 0 atom stereocenters. The van der Waals surface area contributed by atoms with Gasteiger partial charge in [0.1, 0.15) is 5.01 Å². The van der Waals surface area contributed by atoms with Crippen molar-refractivity contribution in [2.75, 3.05) is 0 Å². The van der Waals surface area contributed by atoms with Crippen LogP contribution in [0.15, 0.2) is 18.3 Å². The van der Waals surface area contributed by atoms with E-state index in [1.54, 1.807) is 6.20 Å². The van der Waals surface area contributed by atoms with Crippen molar-refractivity contribution in [3.8, 4) is 0 Å². The number of carbonyl (C=O) groups excluding carboxylic acids is 1. The van der Waals surface area contributed by atoms with Crippen LogP contribution in [-0.4, -0.2) is 10.9 Å². The van der Waals surface area contributed by atoms with Crippen LogP contribution in [0, 0.1) is 24.4 Å². The fraction of sp³-hybridized carbons (Fsp3) is 0.167. The second-order valence-corrected chi connectivity index (χ2v) is 5.09. The molecular formula is C12H9F3N2OS. The molecule has 1 heterocycles. The van der Waals surface area contributed by atoms with Crippen LogP contribution in [0.5, 0.6) is 0 Å². The van der Waals surface area contributed by atoms with Gasteiger partial charge in [0.15, 0.2) is 17.5 Å². The number of benzene rings is 1. The van der Waals surface area contributed by atoms with E-state index in [0.29, 0.717) is 11.1 Å². The smallest absolute Gasteiger partial charge is 0.254 e. The van der Waals surface area contributed by atoms with Crippen molar-refractivity contribution in [3.05, 3.63) is 51.2 Å². The zero-order valence-corrected chi connectivity index (χ0v) is 10.7. The van der Waals surface area contributed by atoms with Gasteiger partial charge < -0.3 is 5.32 Å². The van der Waals surface area contributed by atoms with Gasteiger partial charge >= 0.3 is 0 Å². The summed E-state index contributed by atoms with van der Waals surface area (Å²) in [6, 6.07) is 1.61. The molecule has 2 aromatic rings. The molecule has 100 valence electrons. The van der Waals surface area contributed by atoms with E-state index < -0.39 is 28.9 Å². The number of nitrogens with zero attached hydrogens (tertiary/aromatic N) is 1. The van der Waals surface area contributed by atoms with Crippen LogP contribution in [0.4, 0.5) is 13.2 Å². The minimum atomic E-state index is -1.65. The topological polar surface area (TPSA) is 42.0 Å². The van der Waals surface area contributed by atoms with Crippen molar-refractivity contribution in [3.63, 3.8) is 0 Å². The Kier molecular flexibility index (Phi) is 3.84. The Labute approximate surface area is 111 Å². The summed E-state index contributed by atoms with van der Waals surface area (Å²) in [7, 11) is 0. The molecule has 7 heteroatoms. The van der Waals surface area contributed by atoms with Crippen LogP contribution in [0.2, 0.25) is 0 Å². The van der Waals surface area contributed by atoms with Gasteiger partial charge in [-0.25, -0.2) is 18.2 Å². The van der Waals surface area contributed by atoms with E-state index in [1.165, 1.54) is 11.3 Å². The molecule has 0 radical (unpaired) electrons. The third kappa shape index (κ3) is 2.93. The molecule has 19 heavy (non-hydrogen) atoms. The highest BCUT2D eigenvalue weighted by Crippen LogP contribution is 2.15. The van der Waals surface area contributed by atoms with Crippen LogP contribution in [-0.2, 0) is 6.54 Å². The first-order valence-corrected chi connectivity index (χ1v) is 6.13. The summed E-state index contributed by atoms with van der Waals surface area (Å²) in [5.41, 5.74) is -0.535. The van der Waals surface area contributed by atoms with Gasteiger partial charge in [-0.3, -0.25) is 4.79 Å². The van der Waals surface area contributed by atoms with Gasteiger partial charge in [0.05, 0.1) is 12.1 Å². The lowest BCUT2D eigenvalue weighted by Crippen LogP contribution is -2.24. The average molecular weight is 286 g/mol. The number of aryl methyl sites for hydroxylation is 1. The number of amides is 1. The van der Waals surface area contributed by atoms with Crippen molar-refractivity contribution >= 4 is 17.2 Å². The van der Waals surface area contributed by atoms with Crippen LogP contribution >= 0.6 is 11.3 Å². The highest BCUT2D eigenvalue weighted by atomic mass is 32.1. The lowest BCUT2D eigenvalue weighted by Gasteiger charge is -2.05. The highest BCUT2D eigenvalue weighted by molar-refractivity contribution is 7.11. The van der Waals surface area contributed by atoms with E-state index in [2.05, 4.69) is 10.3 Å². The molecule has 1 aromatic carbocycles. The Morgan fingerprint density at radius 2 is 2.05 bits per heavy atom. The van der Waals surface area contributed by atoms with Gasteiger partial charge in [0, 0.05) is 11.1 Å². The van der Waals surface area contributed by atoms with Gasteiger partial charge in [-0.15, -0.1) is 11.3 Å². The second kappa shape index (κ2) is 5.40. The number of thiazole rings is 1. The van der Waals surface area contributed by atoms with E-state index >= 15 is 0 Å². The zero-order chi connectivity index (χ0) is 14.0. The molecule has 0 spiro atoms. The Morgan fingerprint density at radius 1 is 1.32 bits per heavy atom. The number of halogens is 3. The number of rotatable bonds is 3. The molecule has 0 bridgehead atoms. The SMILES string of the molecule is Cc1cnc(CNC(=O)c2ccc(F)c(F)c2F)s1. The van der Waals surface area contributed by atoms with Crippen molar-refractivity contribution in [2.24, 2.45) is 0 Å². The molecular weight excluding hydrogens is 277 g/mol. The summed E-state index contributed by atoms with van der Waals surface area (Å²) < 4.78 is 39.1. The maximum absolute atomic E-state index is 13.4. The summed E-state index contributed by atoms with van der Waals surface area (Å²) >= 11 is 1.38.